The maximum absolute atomic E-state index is 5.34. The van der Waals surface area contributed by atoms with Gasteiger partial charge in [-0.2, -0.15) is 0 Å². The fourth-order valence-corrected chi connectivity index (χ4v) is 2.65. The summed E-state index contributed by atoms with van der Waals surface area (Å²) in [5.74, 6) is 1.24. The standard InChI is InChI=1S/C12H20N2OS/c1-9(2)12-14-11(8-16-12)6-13-5-10-3-4-15-7-10/h8-10,13H,3-7H2,1-2H3. The van der Waals surface area contributed by atoms with Gasteiger partial charge in [-0.15, -0.1) is 11.3 Å². The molecule has 1 unspecified atom stereocenters. The molecule has 1 aromatic rings. The SMILES string of the molecule is CC(C)c1nc(CNCC2CCOC2)cs1. The Balaban J connectivity index is 1.72. The Kier molecular flexibility index (Phi) is 4.32. The van der Waals surface area contributed by atoms with Gasteiger partial charge in [0.1, 0.15) is 0 Å². The smallest absolute Gasteiger partial charge is 0.0954 e. The Bertz CT molecular complexity index is 319. The van der Waals surface area contributed by atoms with Crippen molar-refractivity contribution in [3.8, 4) is 0 Å². The molecule has 1 N–H and O–H groups in total. The van der Waals surface area contributed by atoms with Crippen LogP contribution in [0.2, 0.25) is 0 Å². The summed E-state index contributed by atoms with van der Waals surface area (Å²) in [5.41, 5.74) is 1.17. The second-order valence-corrected chi connectivity index (χ2v) is 5.58. The van der Waals surface area contributed by atoms with Crippen LogP contribution in [0.1, 0.15) is 36.9 Å². The first-order valence-electron chi connectivity index (χ1n) is 5.98. The Morgan fingerprint density at radius 2 is 2.50 bits per heavy atom. The number of aromatic nitrogens is 1. The number of nitrogens with zero attached hydrogens (tertiary/aromatic N) is 1. The second kappa shape index (κ2) is 5.75. The van der Waals surface area contributed by atoms with Gasteiger partial charge in [0, 0.05) is 31.0 Å². The Hall–Kier alpha value is -0.450. The average Bonchev–Trinajstić information content (AvgIpc) is 2.87. The fraction of sp³-hybridized carbons (Fsp3) is 0.750. The summed E-state index contributed by atoms with van der Waals surface area (Å²) in [6.45, 7) is 8.16. The van der Waals surface area contributed by atoms with Gasteiger partial charge in [-0.1, -0.05) is 13.8 Å². The highest BCUT2D eigenvalue weighted by atomic mass is 32.1. The largest absolute Gasteiger partial charge is 0.381 e. The normalized spacial score (nSPS) is 20.8. The van der Waals surface area contributed by atoms with E-state index in [2.05, 4.69) is 29.5 Å². The Morgan fingerprint density at radius 1 is 1.62 bits per heavy atom. The summed E-state index contributed by atoms with van der Waals surface area (Å²) >= 11 is 1.76. The highest BCUT2D eigenvalue weighted by Gasteiger charge is 2.14. The predicted molar refractivity (Wildman–Crippen MR) is 66.8 cm³/mol. The molecule has 4 heteroatoms. The number of hydrogen-bond acceptors (Lipinski definition) is 4. The van der Waals surface area contributed by atoms with Gasteiger partial charge in [-0.05, 0) is 12.3 Å². The van der Waals surface area contributed by atoms with Gasteiger partial charge in [-0.25, -0.2) is 4.98 Å². The van der Waals surface area contributed by atoms with Crippen molar-refractivity contribution in [1.29, 1.82) is 0 Å². The van der Waals surface area contributed by atoms with Gasteiger partial charge in [0.05, 0.1) is 17.3 Å². The molecule has 0 saturated carbocycles. The van der Waals surface area contributed by atoms with Crippen molar-refractivity contribution in [1.82, 2.24) is 10.3 Å². The number of hydrogen-bond donors (Lipinski definition) is 1. The molecule has 1 atom stereocenters. The molecule has 3 nitrogen and oxygen atoms in total. The molecular formula is C12H20N2OS. The van der Waals surface area contributed by atoms with E-state index in [0.717, 1.165) is 26.3 Å². The van der Waals surface area contributed by atoms with Crippen LogP contribution in [-0.4, -0.2) is 24.7 Å². The molecule has 0 bridgehead atoms. The molecule has 1 aliphatic heterocycles. The van der Waals surface area contributed by atoms with Crippen molar-refractivity contribution < 1.29 is 4.74 Å². The van der Waals surface area contributed by atoms with Crippen LogP contribution in [0.15, 0.2) is 5.38 Å². The van der Waals surface area contributed by atoms with E-state index in [9.17, 15) is 0 Å². The van der Waals surface area contributed by atoms with Crippen LogP contribution in [0.4, 0.5) is 0 Å². The molecule has 2 rings (SSSR count). The minimum absolute atomic E-state index is 0.544. The van der Waals surface area contributed by atoms with Crippen LogP contribution >= 0.6 is 11.3 Å². The van der Waals surface area contributed by atoms with Crippen LogP contribution in [0.25, 0.3) is 0 Å². The van der Waals surface area contributed by atoms with Crippen LogP contribution < -0.4 is 5.32 Å². The first-order valence-corrected chi connectivity index (χ1v) is 6.86. The predicted octanol–water partition coefficient (Wildman–Crippen LogP) is 2.39. The molecule has 1 saturated heterocycles. The molecule has 1 aliphatic rings. The zero-order valence-corrected chi connectivity index (χ0v) is 10.8. The number of thiazole rings is 1. The van der Waals surface area contributed by atoms with Gasteiger partial charge in [0.2, 0.25) is 0 Å². The van der Waals surface area contributed by atoms with E-state index in [4.69, 9.17) is 4.74 Å². The van der Waals surface area contributed by atoms with E-state index in [-0.39, 0.29) is 0 Å². The van der Waals surface area contributed by atoms with Gasteiger partial charge in [0.15, 0.2) is 0 Å². The topological polar surface area (TPSA) is 34.2 Å². The van der Waals surface area contributed by atoms with Crippen LogP contribution in [-0.2, 0) is 11.3 Å². The lowest BCUT2D eigenvalue weighted by Gasteiger charge is -2.07. The molecule has 90 valence electrons. The molecule has 0 aliphatic carbocycles. The molecule has 2 heterocycles. The minimum Gasteiger partial charge on any atom is -0.381 e. The highest BCUT2D eigenvalue weighted by molar-refractivity contribution is 7.09. The quantitative estimate of drug-likeness (QED) is 0.858. The van der Waals surface area contributed by atoms with Gasteiger partial charge >= 0.3 is 0 Å². The van der Waals surface area contributed by atoms with Crippen LogP contribution in [0.3, 0.4) is 0 Å². The fourth-order valence-electron chi connectivity index (χ4n) is 1.82. The third-order valence-corrected chi connectivity index (χ3v) is 4.02. The third-order valence-electron chi connectivity index (χ3n) is 2.83. The number of nitrogens with one attached hydrogen (secondary N) is 1. The maximum Gasteiger partial charge on any atom is 0.0954 e. The van der Waals surface area contributed by atoms with E-state index in [1.54, 1.807) is 11.3 Å². The van der Waals surface area contributed by atoms with E-state index in [1.807, 2.05) is 0 Å². The summed E-state index contributed by atoms with van der Waals surface area (Å²) in [4.78, 5) is 4.60. The van der Waals surface area contributed by atoms with Crippen molar-refractivity contribution in [2.24, 2.45) is 5.92 Å². The first kappa shape index (κ1) is 12.0. The first-order chi connectivity index (χ1) is 7.75. The van der Waals surface area contributed by atoms with Crippen molar-refractivity contribution in [3.63, 3.8) is 0 Å². The lowest BCUT2D eigenvalue weighted by Crippen LogP contribution is -2.22. The van der Waals surface area contributed by atoms with E-state index in [0.29, 0.717) is 11.8 Å². The molecule has 16 heavy (non-hydrogen) atoms. The minimum atomic E-state index is 0.544. The Labute approximate surface area is 101 Å². The van der Waals surface area contributed by atoms with Crippen molar-refractivity contribution in [2.45, 2.75) is 32.7 Å². The van der Waals surface area contributed by atoms with Gasteiger partial charge < -0.3 is 10.1 Å². The summed E-state index contributed by atoms with van der Waals surface area (Å²) in [6, 6.07) is 0. The summed E-state index contributed by atoms with van der Waals surface area (Å²) in [6.07, 6.45) is 1.20. The summed E-state index contributed by atoms with van der Waals surface area (Å²) < 4.78 is 5.34. The number of ether oxygens (including phenoxy) is 1. The van der Waals surface area contributed by atoms with Crippen LogP contribution in [0, 0.1) is 5.92 Å². The van der Waals surface area contributed by atoms with Gasteiger partial charge in [0.25, 0.3) is 0 Å². The van der Waals surface area contributed by atoms with E-state index >= 15 is 0 Å². The van der Waals surface area contributed by atoms with Crippen molar-refractivity contribution in [2.75, 3.05) is 19.8 Å². The molecule has 0 amide bonds. The second-order valence-electron chi connectivity index (χ2n) is 4.69. The zero-order valence-electron chi connectivity index (χ0n) is 10.0. The molecule has 0 spiro atoms. The summed E-state index contributed by atoms with van der Waals surface area (Å²) in [7, 11) is 0. The molecule has 0 radical (unpaired) electrons. The van der Waals surface area contributed by atoms with Gasteiger partial charge in [-0.3, -0.25) is 0 Å². The monoisotopic (exact) mass is 240 g/mol. The maximum atomic E-state index is 5.34. The molecule has 1 aromatic heterocycles. The molecular weight excluding hydrogens is 220 g/mol. The van der Waals surface area contributed by atoms with E-state index < -0.39 is 0 Å². The van der Waals surface area contributed by atoms with Crippen LogP contribution in [0.5, 0.6) is 0 Å². The lowest BCUT2D eigenvalue weighted by molar-refractivity contribution is 0.185. The molecule has 1 fully saturated rings. The summed E-state index contributed by atoms with van der Waals surface area (Å²) in [5, 5.41) is 6.86. The molecule has 0 aromatic carbocycles. The third kappa shape index (κ3) is 3.27. The lowest BCUT2D eigenvalue weighted by atomic mass is 10.1. The Morgan fingerprint density at radius 3 is 3.12 bits per heavy atom. The highest BCUT2D eigenvalue weighted by Crippen LogP contribution is 2.19. The zero-order chi connectivity index (χ0) is 11.4. The van der Waals surface area contributed by atoms with Crippen molar-refractivity contribution in [3.05, 3.63) is 16.1 Å². The number of rotatable bonds is 5. The van der Waals surface area contributed by atoms with Crippen molar-refractivity contribution >= 4 is 11.3 Å². The van der Waals surface area contributed by atoms with E-state index in [1.165, 1.54) is 17.1 Å². The average molecular weight is 240 g/mol.